The van der Waals surface area contributed by atoms with Gasteiger partial charge in [0.05, 0.1) is 13.7 Å². The Bertz CT molecular complexity index is 447. The fourth-order valence-electron chi connectivity index (χ4n) is 2.81. The van der Waals surface area contributed by atoms with E-state index in [1.165, 1.54) is 5.56 Å². The van der Waals surface area contributed by atoms with Gasteiger partial charge in [0.2, 0.25) is 0 Å². The van der Waals surface area contributed by atoms with Crippen molar-refractivity contribution in [1.82, 2.24) is 4.90 Å². The minimum atomic E-state index is -0.171. The average molecular weight is 277 g/mol. The Kier molecular flexibility index (Phi) is 5.27. The Morgan fingerprint density at radius 1 is 1.40 bits per heavy atom. The molecular weight excluding hydrogens is 254 g/mol. The predicted molar refractivity (Wildman–Crippen MR) is 78.1 cm³/mol. The molecule has 1 aliphatic rings. The summed E-state index contributed by atoms with van der Waals surface area (Å²) < 4.78 is 10.5. The van der Waals surface area contributed by atoms with E-state index in [0.717, 1.165) is 38.0 Å². The minimum absolute atomic E-state index is 0.171. The number of aryl methyl sites for hydroxylation is 1. The summed E-state index contributed by atoms with van der Waals surface area (Å²) in [6.45, 7) is 3.10. The fraction of sp³-hybridized carbons (Fsp3) is 0.562. The summed E-state index contributed by atoms with van der Waals surface area (Å²) in [4.78, 5) is 13.7. The second-order valence-corrected chi connectivity index (χ2v) is 5.04. The number of para-hydroxylation sites is 1. The molecule has 1 unspecified atom stereocenters. The second kappa shape index (κ2) is 7.17. The highest BCUT2D eigenvalue weighted by molar-refractivity contribution is 5.68. The van der Waals surface area contributed by atoms with Crippen molar-refractivity contribution in [2.45, 2.75) is 38.6 Å². The predicted octanol–water partition coefficient (Wildman–Crippen LogP) is 3.25. The maximum atomic E-state index is 11.9. The van der Waals surface area contributed by atoms with Gasteiger partial charge in [-0.3, -0.25) is 0 Å². The number of methoxy groups -OCH3 is 1. The first kappa shape index (κ1) is 14.7. The van der Waals surface area contributed by atoms with Gasteiger partial charge < -0.3 is 14.4 Å². The molecule has 1 atom stereocenters. The van der Waals surface area contributed by atoms with Crippen molar-refractivity contribution >= 4 is 6.09 Å². The van der Waals surface area contributed by atoms with E-state index in [4.69, 9.17) is 9.47 Å². The lowest BCUT2D eigenvalue weighted by Gasteiger charge is -2.24. The number of ether oxygens (including phenoxy) is 2. The smallest absolute Gasteiger partial charge is 0.409 e. The van der Waals surface area contributed by atoms with E-state index in [0.29, 0.717) is 12.6 Å². The van der Waals surface area contributed by atoms with Crippen LogP contribution in [-0.2, 0) is 11.2 Å². The van der Waals surface area contributed by atoms with E-state index in [1.807, 2.05) is 30.0 Å². The summed E-state index contributed by atoms with van der Waals surface area (Å²) >= 11 is 0. The Hall–Kier alpha value is -1.71. The summed E-state index contributed by atoms with van der Waals surface area (Å²) in [6.07, 6.45) is 3.84. The molecule has 20 heavy (non-hydrogen) atoms. The molecule has 1 amide bonds. The fourth-order valence-corrected chi connectivity index (χ4v) is 2.81. The van der Waals surface area contributed by atoms with E-state index in [2.05, 4.69) is 6.07 Å². The summed E-state index contributed by atoms with van der Waals surface area (Å²) in [5, 5.41) is 0. The highest BCUT2D eigenvalue weighted by atomic mass is 16.6. The Morgan fingerprint density at radius 2 is 2.20 bits per heavy atom. The maximum Gasteiger partial charge on any atom is 0.409 e. The van der Waals surface area contributed by atoms with Gasteiger partial charge >= 0.3 is 6.09 Å². The van der Waals surface area contributed by atoms with Gasteiger partial charge in [-0.1, -0.05) is 18.2 Å². The molecular formula is C16H23NO3. The van der Waals surface area contributed by atoms with E-state index in [1.54, 1.807) is 7.11 Å². The summed E-state index contributed by atoms with van der Waals surface area (Å²) in [5.74, 6) is 0.924. The van der Waals surface area contributed by atoms with Gasteiger partial charge in [-0.2, -0.15) is 0 Å². The molecule has 1 aliphatic heterocycles. The van der Waals surface area contributed by atoms with E-state index >= 15 is 0 Å². The quantitative estimate of drug-likeness (QED) is 0.829. The first-order valence-electron chi connectivity index (χ1n) is 7.31. The van der Waals surface area contributed by atoms with Gasteiger partial charge in [0, 0.05) is 12.6 Å². The molecule has 1 fully saturated rings. The normalized spacial score (nSPS) is 18.1. The Balaban J connectivity index is 1.94. The van der Waals surface area contributed by atoms with Crippen molar-refractivity contribution in [3.8, 4) is 5.75 Å². The molecule has 110 valence electrons. The summed E-state index contributed by atoms with van der Waals surface area (Å²) in [6, 6.07) is 8.35. The number of nitrogens with zero attached hydrogens (tertiary/aromatic N) is 1. The van der Waals surface area contributed by atoms with Crippen LogP contribution in [0.3, 0.4) is 0 Å². The van der Waals surface area contributed by atoms with Crippen molar-refractivity contribution in [3.05, 3.63) is 29.8 Å². The zero-order chi connectivity index (χ0) is 14.4. The third-order valence-electron chi connectivity index (χ3n) is 3.82. The van der Waals surface area contributed by atoms with E-state index in [9.17, 15) is 4.79 Å². The lowest BCUT2D eigenvalue weighted by atomic mass is 10.0. The van der Waals surface area contributed by atoms with Crippen LogP contribution in [0.1, 0.15) is 31.7 Å². The number of hydrogen-bond donors (Lipinski definition) is 0. The first-order valence-corrected chi connectivity index (χ1v) is 7.31. The van der Waals surface area contributed by atoms with Gasteiger partial charge in [-0.25, -0.2) is 4.79 Å². The number of likely N-dealkylation sites (tertiary alicyclic amines) is 1. The SMILES string of the molecule is CCOC(=O)N1CCCC1CCc1ccccc1OC. The summed E-state index contributed by atoms with van der Waals surface area (Å²) in [7, 11) is 1.69. The van der Waals surface area contributed by atoms with Crippen molar-refractivity contribution in [2.75, 3.05) is 20.3 Å². The second-order valence-electron chi connectivity index (χ2n) is 5.04. The van der Waals surface area contributed by atoms with Crippen LogP contribution in [0.2, 0.25) is 0 Å². The van der Waals surface area contributed by atoms with Crippen LogP contribution in [0.25, 0.3) is 0 Å². The van der Waals surface area contributed by atoms with Crippen LogP contribution < -0.4 is 4.74 Å². The van der Waals surface area contributed by atoms with E-state index in [-0.39, 0.29) is 6.09 Å². The average Bonchev–Trinajstić information content (AvgIpc) is 2.94. The van der Waals surface area contributed by atoms with Crippen LogP contribution in [0.15, 0.2) is 24.3 Å². The van der Waals surface area contributed by atoms with Crippen LogP contribution in [0.5, 0.6) is 5.75 Å². The number of hydrogen-bond acceptors (Lipinski definition) is 3. The van der Waals surface area contributed by atoms with E-state index < -0.39 is 0 Å². The summed E-state index contributed by atoms with van der Waals surface area (Å²) in [5.41, 5.74) is 1.20. The molecule has 2 rings (SSSR count). The Morgan fingerprint density at radius 3 is 2.95 bits per heavy atom. The zero-order valence-electron chi connectivity index (χ0n) is 12.3. The van der Waals surface area contributed by atoms with Gasteiger partial charge in [-0.05, 0) is 44.2 Å². The van der Waals surface area contributed by atoms with Gasteiger partial charge in [0.1, 0.15) is 5.75 Å². The standard InChI is InChI=1S/C16H23NO3/c1-3-20-16(18)17-12-6-8-14(17)11-10-13-7-4-5-9-15(13)19-2/h4-5,7,9,14H,3,6,8,10-12H2,1-2H3. The maximum absolute atomic E-state index is 11.9. The van der Waals surface area contributed by atoms with Crippen LogP contribution in [0, 0.1) is 0 Å². The first-order chi connectivity index (χ1) is 9.76. The monoisotopic (exact) mass is 277 g/mol. The third-order valence-corrected chi connectivity index (χ3v) is 3.82. The zero-order valence-corrected chi connectivity index (χ0v) is 12.3. The number of carbonyl (C=O) groups is 1. The van der Waals surface area contributed by atoms with Crippen molar-refractivity contribution < 1.29 is 14.3 Å². The lowest BCUT2D eigenvalue weighted by molar-refractivity contribution is 0.101. The molecule has 0 aromatic heterocycles. The molecule has 1 aromatic rings. The van der Waals surface area contributed by atoms with Gasteiger partial charge in [0.15, 0.2) is 0 Å². The molecule has 1 aromatic carbocycles. The molecule has 0 spiro atoms. The van der Waals surface area contributed by atoms with Crippen molar-refractivity contribution in [3.63, 3.8) is 0 Å². The Labute approximate surface area is 120 Å². The van der Waals surface area contributed by atoms with Crippen LogP contribution in [0.4, 0.5) is 4.79 Å². The van der Waals surface area contributed by atoms with Crippen molar-refractivity contribution in [1.29, 1.82) is 0 Å². The number of benzene rings is 1. The molecule has 1 heterocycles. The third kappa shape index (κ3) is 3.44. The molecule has 0 bridgehead atoms. The number of carbonyl (C=O) groups excluding carboxylic acids is 1. The van der Waals surface area contributed by atoms with Gasteiger partial charge in [0.25, 0.3) is 0 Å². The van der Waals surface area contributed by atoms with Crippen molar-refractivity contribution in [2.24, 2.45) is 0 Å². The highest BCUT2D eigenvalue weighted by Crippen LogP contribution is 2.25. The minimum Gasteiger partial charge on any atom is -0.496 e. The largest absolute Gasteiger partial charge is 0.496 e. The highest BCUT2D eigenvalue weighted by Gasteiger charge is 2.29. The molecule has 4 heteroatoms. The molecule has 0 radical (unpaired) electrons. The topological polar surface area (TPSA) is 38.8 Å². The molecule has 1 saturated heterocycles. The lowest BCUT2D eigenvalue weighted by Crippen LogP contribution is -2.36. The van der Waals surface area contributed by atoms with Crippen LogP contribution >= 0.6 is 0 Å². The molecule has 0 N–H and O–H groups in total. The number of amides is 1. The molecule has 0 saturated carbocycles. The molecule has 4 nitrogen and oxygen atoms in total. The molecule has 0 aliphatic carbocycles. The van der Waals surface area contributed by atoms with Gasteiger partial charge in [-0.15, -0.1) is 0 Å². The van der Waals surface area contributed by atoms with Crippen LogP contribution in [-0.4, -0.2) is 37.3 Å². The number of rotatable bonds is 5.